The van der Waals surface area contributed by atoms with Gasteiger partial charge in [0, 0.05) is 24.8 Å². The number of hydrogen-bond acceptors (Lipinski definition) is 3. The van der Waals surface area contributed by atoms with E-state index in [-0.39, 0.29) is 6.10 Å². The molecule has 0 bridgehead atoms. The molecule has 1 aliphatic rings. The van der Waals surface area contributed by atoms with Crippen LogP contribution in [0.25, 0.3) is 0 Å². The van der Waals surface area contributed by atoms with Crippen molar-refractivity contribution in [2.45, 2.75) is 64.8 Å². The number of nitrogens with zero attached hydrogens (tertiary/aromatic N) is 3. The highest BCUT2D eigenvalue weighted by Gasteiger charge is 2.26. The Morgan fingerprint density at radius 2 is 2.22 bits per heavy atom. The first-order valence-corrected chi connectivity index (χ1v) is 7.02. The lowest BCUT2D eigenvalue weighted by Crippen LogP contribution is -2.31. The van der Waals surface area contributed by atoms with Gasteiger partial charge in [0.05, 0.1) is 11.8 Å². The Kier molecular flexibility index (Phi) is 4.40. The average Bonchev–Trinajstić information content (AvgIpc) is 2.89. The van der Waals surface area contributed by atoms with Crippen LogP contribution in [-0.2, 0) is 6.54 Å². The van der Waals surface area contributed by atoms with E-state index in [1.165, 1.54) is 12.8 Å². The summed E-state index contributed by atoms with van der Waals surface area (Å²) in [6, 6.07) is 3.05. The van der Waals surface area contributed by atoms with E-state index >= 15 is 0 Å². The van der Waals surface area contributed by atoms with E-state index in [2.05, 4.69) is 36.1 Å². The van der Waals surface area contributed by atoms with Crippen LogP contribution in [0.1, 0.15) is 51.8 Å². The molecular formula is C14H25N3O. The van der Waals surface area contributed by atoms with Crippen LogP contribution in [0, 0.1) is 0 Å². The molecule has 0 aromatic carbocycles. The van der Waals surface area contributed by atoms with Crippen molar-refractivity contribution in [3.05, 3.63) is 18.0 Å². The molecule has 0 amide bonds. The number of aliphatic hydroxyl groups excluding tert-OH is 1. The van der Waals surface area contributed by atoms with Crippen molar-refractivity contribution in [1.29, 1.82) is 0 Å². The minimum atomic E-state index is -0.205. The molecule has 1 saturated heterocycles. The Morgan fingerprint density at radius 1 is 1.44 bits per heavy atom. The Bertz CT molecular complexity index is 373. The van der Waals surface area contributed by atoms with Crippen LogP contribution in [0.5, 0.6) is 0 Å². The fourth-order valence-corrected chi connectivity index (χ4v) is 2.72. The summed E-state index contributed by atoms with van der Waals surface area (Å²) in [5, 5.41) is 14.1. The van der Waals surface area contributed by atoms with Gasteiger partial charge in [-0.15, -0.1) is 0 Å². The van der Waals surface area contributed by atoms with Gasteiger partial charge in [-0.25, -0.2) is 0 Å². The van der Waals surface area contributed by atoms with Gasteiger partial charge in [-0.05, 0) is 52.6 Å². The molecule has 2 rings (SSSR count). The Labute approximate surface area is 110 Å². The number of aliphatic hydroxyl groups is 1. The normalized spacial score (nSPS) is 22.8. The molecule has 0 spiro atoms. The second kappa shape index (κ2) is 5.85. The van der Waals surface area contributed by atoms with E-state index in [9.17, 15) is 5.11 Å². The summed E-state index contributed by atoms with van der Waals surface area (Å²) < 4.78 is 2.01. The van der Waals surface area contributed by atoms with Crippen LogP contribution >= 0.6 is 0 Å². The smallest absolute Gasteiger partial charge is 0.0764 e. The van der Waals surface area contributed by atoms with Crippen LogP contribution in [0.2, 0.25) is 0 Å². The molecule has 4 heteroatoms. The first kappa shape index (κ1) is 13.6. The standard InChI is InChI=1S/C14H25N3O/c1-11(2)17-8-6-13(15-17)10-16-7-4-5-14(16)9-12(3)18/h6,8,11-12,14,18H,4-5,7,9-10H2,1-3H3. The molecule has 2 atom stereocenters. The van der Waals surface area contributed by atoms with E-state index in [1.54, 1.807) is 0 Å². The maximum atomic E-state index is 9.53. The number of likely N-dealkylation sites (tertiary alicyclic amines) is 1. The van der Waals surface area contributed by atoms with Gasteiger partial charge in [0.2, 0.25) is 0 Å². The molecule has 0 radical (unpaired) electrons. The molecule has 1 aromatic heterocycles. The molecule has 2 unspecified atom stereocenters. The molecule has 1 aromatic rings. The lowest BCUT2D eigenvalue weighted by Gasteiger charge is -2.24. The van der Waals surface area contributed by atoms with Crippen molar-refractivity contribution in [2.24, 2.45) is 0 Å². The van der Waals surface area contributed by atoms with Crippen LogP contribution in [-0.4, -0.2) is 38.5 Å². The highest BCUT2D eigenvalue weighted by atomic mass is 16.3. The summed E-state index contributed by atoms with van der Waals surface area (Å²) in [7, 11) is 0. The van der Waals surface area contributed by atoms with Gasteiger partial charge < -0.3 is 5.11 Å². The molecule has 4 nitrogen and oxygen atoms in total. The predicted octanol–water partition coefficient (Wildman–Crippen LogP) is 2.20. The summed E-state index contributed by atoms with van der Waals surface area (Å²) in [4.78, 5) is 2.46. The summed E-state index contributed by atoms with van der Waals surface area (Å²) in [6.45, 7) is 8.21. The van der Waals surface area contributed by atoms with Crippen molar-refractivity contribution < 1.29 is 5.11 Å². The highest BCUT2D eigenvalue weighted by molar-refractivity contribution is 5.00. The van der Waals surface area contributed by atoms with Crippen molar-refractivity contribution in [3.8, 4) is 0 Å². The van der Waals surface area contributed by atoms with E-state index < -0.39 is 0 Å². The molecule has 18 heavy (non-hydrogen) atoms. The van der Waals surface area contributed by atoms with Crippen LogP contribution in [0.4, 0.5) is 0 Å². The minimum Gasteiger partial charge on any atom is -0.393 e. The topological polar surface area (TPSA) is 41.3 Å². The zero-order valence-electron chi connectivity index (χ0n) is 11.7. The maximum Gasteiger partial charge on any atom is 0.0764 e. The quantitative estimate of drug-likeness (QED) is 0.872. The summed E-state index contributed by atoms with van der Waals surface area (Å²) >= 11 is 0. The van der Waals surface area contributed by atoms with E-state index in [0.29, 0.717) is 12.1 Å². The Hall–Kier alpha value is -0.870. The third-order valence-corrected chi connectivity index (χ3v) is 3.67. The predicted molar refractivity (Wildman–Crippen MR) is 72.3 cm³/mol. The molecule has 1 fully saturated rings. The lowest BCUT2D eigenvalue weighted by atomic mass is 10.1. The molecule has 1 aliphatic heterocycles. The van der Waals surface area contributed by atoms with E-state index in [4.69, 9.17) is 0 Å². The summed E-state index contributed by atoms with van der Waals surface area (Å²) in [6.07, 6.45) is 5.17. The van der Waals surface area contributed by atoms with Gasteiger partial charge in [-0.1, -0.05) is 0 Å². The minimum absolute atomic E-state index is 0.205. The van der Waals surface area contributed by atoms with Crippen LogP contribution < -0.4 is 0 Å². The van der Waals surface area contributed by atoms with Crippen LogP contribution in [0.3, 0.4) is 0 Å². The van der Waals surface area contributed by atoms with Crippen molar-refractivity contribution in [3.63, 3.8) is 0 Å². The second-order valence-electron chi connectivity index (χ2n) is 5.73. The summed E-state index contributed by atoms with van der Waals surface area (Å²) in [5.41, 5.74) is 1.14. The largest absolute Gasteiger partial charge is 0.393 e. The Morgan fingerprint density at radius 3 is 2.83 bits per heavy atom. The van der Waals surface area contributed by atoms with Gasteiger partial charge >= 0.3 is 0 Å². The first-order valence-electron chi connectivity index (χ1n) is 7.02. The monoisotopic (exact) mass is 251 g/mol. The van der Waals surface area contributed by atoms with Crippen molar-refractivity contribution in [2.75, 3.05) is 6.54 Å². The number of rotatable bonds is 5. The van der Waals surface area contributed by atoms with Crippen LogP contribution in [0.15, 0.2) is 12.3 Å². The molecule has 2 heterocycles. The van der Waals surface area contributed by atoms with E-state index in [0.717, 1.165) is 25.2 Å². The fraction of sp³-hybridized carbons (Fsp3) is 0.786. The molecule has 102 valence electrons. The van der Waals surface area contributed by atoms with Gasteiger partial charge in [0.15, 0.2) is 0 Å². The van der Waals surface area contributed by atoms with Gasteiger partial charge in [-0.3, -0.25) is 9.58 Å². The van der Waals surface area contributed by atoms with Gasteiger partial charge in [0.1, 0.15) is 0 Å². The molecule has 0 saturated carbocycles. The van der Waals surface area contributed by atoms with E-state index in [1.807, 2.05) is 11.6 Å². The molecule has 0 aliphatic carbocycles. The maximum absolute atomic E-state index is 9.53. The zero-order valence-corrected chi connectivity index (χ0v) is 11.7. The Balaban J connectivity index is 1.94. The molecule has 1 N–H and O–H groups in total. The third kappa shape index (κ3) is 3.33. The van der Waals surface area contributed by atoms with Crippen molar-refractivity contribution >= 4 is 0 Å². The fourth-order valence-electron chi connectivity index (χ4n) is 2.72. The van der Waals surface area contributed by atoms with Gasteiger partial charge in [-0.2, -0.15) is 5.10 Å². The average molecular weight is 251 g/mol. The number of aromatic nitrogens is 2. The lowest BCUT2D eigenvalue weighted by molar-refractivity contribution is 0.130. The third-order valence-electron chi connectivity index (χ3n) is 3.67. The zero-order chi connectivity index (χ0) is 13.1. The van der Waals surface area contributed by atoms with Crippen molar-refractivity contribution in [1.82, 2.24) is 14.7 Å². The highest BCUT2D eigenvalue weighted by Crippen LogP contribution is 2.23. The molecular weight excluding hydrogens is 226 g/mol. The SMILES string of the molecule is CC(O)CC1CCCN1Cc1ccn(C(C)C)n1. The first-order chi connectivity index (χ1) is 8.56. The van der Waals surface area contributed by atoms with Gasteiger partial charge in [0.25, 0.3) is 0 Å². The second-order valence-corrected chi connectivity index (χ2v) is 5.73. The number of hydrogen-bond donors (Lipinski definition) is 1. The summed E-state index contributed by atoms with van der Waals surface area (Å²) in [5.74, 6) is 0.